The maximum absolute atomic E-state index is 14.8. The van der Waals surface area contributed by atoms with Gasteiger partial charge in [-0.3, -0.25) is 9.59 Å². The number of thiophene rings is 3. The second kappa shape index (κ2) is 14.4. The molecule has 4 heterocycles. The molecule has 42 heavy (non-hydrogen) atoms. The van der Waals surface area contributed by atoms with Crippen LogP contribution < -0.4 is 0 Å². The van der Waals surface area contributed by atoms with E-state index >= 15 is 0 Å². The van der Waals surface area contributed by atoms with Crippen LogP contribution >= 0.6 is 77.2 Å². The number of unbranched alkanes of at least 4 members (excludes halogenated alkanes) is 2. The minimum atomic E-state index is 0.0144. The Morgan fingerprint density at radius 1 is 0.738 bits per heavy atom. The minimum Gasteiger partial charge on any atom is -0.288 e. The summed E-state index contributed by atoms with van der Waals surface area (Å²) >= 11 is 13.6. The first-order valence-corrected chi connectivity index (χ1v) is 20.1. The standard InChI is InChI=1S/C33H37Br2NO2S4/c1-5-9-11-18(7-3)15-21-24-25(22(41-21)16-19(8-4)12-10-6-2)29(38)27-26(28(24)37)31(30-20(34)13-14-39-30)42-32(27)33-36-23(35)17-40-33/h13-14,17-19H,5-12,15-16H2,1-4H3. The Morgan fingerprint density at radius 2 is 1.31 bits per heavy atom. The van der Waals surface area contributed by atoms with Gasteiger partial charge in [-0.2, -0.15) is 0 Å². The first-order chi connectivity index (χ1) is 20.3. The zero-order valence-electron chi connectivity index (χ0n) is 24.6. The minimum absolute atomic E-state index is 0.0144. The molecule has 0 bridgehead atoms. The third-order valence-electron chi connectivity index (χ3n) is 8.40. The fourth-order valence-corrected chi connectivity index (χ4v) is 12.0. The molecule has 0 saturated carbocycles. The SMILES string of the molecule is CCCCC(CC)Cc1sc(CC(CC)CCCC)c2c1C(=O)c1c(-c3nc(Br)cs3)sc(-c3sccc3Br)c1C2=O. The number of aromatic nitrogens is 1. The molecule has 5 rings (SSSR count). The molecule has 1 aliphatic carbocycles. The smallest absolute Gasteiger partial charge is 0.197 e. The van der Waals surface area contributed by atoms with Gasteiger partial charge >= 0.3 is 0 Å². The summed E-state index contributed by atoms with van der Waals surface area (Å²) < 4.78 is 1.70. The molecule has 224 valence electrons. The van der Waals surface area contributed by atoms with Crippen molar-refractivity contribution in [3.8, 4) is 19.6 Å². The summed E-state index contributed by atoms with van der Waals surface area (Å²) in [5, 5.41) is 4.75. The van der Waals surface area contributed by atoms with Crippen molar-refractivity contribution in [1.82, 2.24) is 4.98 Å². The van der Waals surface area contributed by atoms with Crippen LogP contribution in [0.5, 0.6) is 0 Å². The number of fused-ring (bicyclic) bond motifs is 2. The Morgan fingerprint density at radius 3 is 1.76 bits per heavy atom. The fraction of sp³-hybridized carbons (Fsp3) is 0.485. The van der Waals surface area contributed by atoms with E-state index in [0.717, 1.165) is 77.0 Å². The van der Waals surface area contributed by atoms with Gasteiger partial charge in [-0.25, -0.2) is 4.98 Å². The predicted octanol–water partition coefficient (Wildman–Crippen LogP) is 12.5. The zero-order valence-corrected chi connectivity index (χ0v) is 31.0. The van der Waals surface area contributed by atoms with Crippen molar-refractivity contribution < 1.29 is 9.59 Å². The van der Waals surface area contributed by atoms with E-state index in [9.17, 15) is 9.59 Å². The third kappa shape index (κ3) is 6.38. The molecule has 0 aromatic carbocycles. The highest BCUT2D eigenvalue weighted by Crippen LogP contribution is 2.52. The van der Waals surface area contributed by atoms with Crippen LogP contribution in [-0.4, -0.2) is 16.6 Å². The Kier molecular flexibility index (Phi) is 11.1. The molecule has 2 unspecified atom stereocenters. The van der Waals surface area contributed by atoms with E-state index in [2.05, 4.69) is 59.6 Å². The number of rotatable bonds is 14. The van der Waals surface area contributed by atoms with Gasteiger partial charge in [0.05, 0.1) is 25.8 Å². The maximum Gasteiger partial charge on any atom is 0.197 e. The molecule has 0 amide bonds. The molecule has 0 N–H and O–H groups in total. The number of ketones is 2. The summed E-state index contributed by atoms with van der Waals surface area (Å²) in [6.07, 6.45) is 10.9. The van der Waals surface area contributed by atoms with Crippen molar-refractivity contribution in [2.45, 2.75) is 91.9 Å². The number of hydrogen-bond donors (Lipinski definition) is 0. The summed E-state index contributed by atoms with van der Waals surface area (Å²) in [7, 11) is 0. The topological polar surface area (TPSA) is 47.0 Å². The lowest BCUT2D eigenvalue weighted by Crippen LogP contribution is -2.22. The molecule has 4 aromatic rings. The van der Waals surface area contributed by atoms with Gasteiger partial charge in [-0.1, -0.05) is 79.1 Å². The molecule has 4 aromatic heterocycles. The summed E-state index contributed by atoms with van der Waals surface area (Å²) in [4.78, 5) is 39.2. The normalized spacial score (nSPS) is 14.3. The molecular formula is C33H37Br2NO2S4. The summed E-state index contributed by atoms with van der Waals surface area (Å²) in [5.74, 6) is 1.07. The van der Waals surface area contributed by atoms with Crippen molar-refractivity contribution in [3.05, 3.63) is 57.9 Å². The average molecular weight is 768 g/mol. The third-order valence-corrected chi connectivity index (χ3v) is 14.5. The predicted molar refractivity (Wildman–Crippen MR) is 189 cm³/mol. The van der Waals surface area contributed by atoms with Gasteiger partial charge < -0.3 is 0 Å². The molecule has 3 nitrogen and oxygen atoms in total. The second-order valence-electron chi connectivity index (χ2n) is 11.2. The second-order valence-corrected chi connectivity index (χ2v) is 16.8. The highest BCUT2D eigenvalue weighted by molar-refractivity contribution is 9.10. The largest absolute Gasteiger partial charge is 0.288 e. The van der Waals surface area contributed by atoms with E-state index in [0.29, 0.717) is 34.1 Å². The lowest BCUT2D eigenvalue weighted by Gasteiger charge is -2.19. The molecule has 9 heteroatoms. The first-order valence-electron chi connectivity index (χ1n) is 15.1. The van der Waals surface area contributed by atoms with Crippen LogP contribution in [0, 0.1) is 11.8 Å². The Labute approximate surface area is 282 Å². The summed E-state index contributed by atoms with van der Waals surface area (Å²) in [6, 6.07) is 2.02. The van der Waals surface area contributed by atoms with Crippen LogP contribution in [0.15, 0.2) is 25.9 Å². The number of carbonyl (C=O) groups excluding carboxylic acids is 2. The quantitative estimate of drug-likeness (QED) is 0.113. The molecule has 0 saturated heterocycles. The van der Waals surface area contributed by atoms with Crippen LogP contribution in [0.2, 0.25) is 0 Å². The molecule has 2 atom stereocenters. The van der Waals surface area contributed by atoms with Gasteiger partial charge in [0.25, 0.3) is 0 Å². The molecular weight excluding hydrogens is 730 g/mol. The number of thiazole rings is 1. The van der Waals surface area contributed by atoms with Crippen LogP contribution in [-0.2, 0) is 12.8 Å². The van der Waals surface area contributed by atoms with E-state index in [1.165, 1.54) is 48.4 Å². The van der Waals surface area contributed by atoms with Gasteiger partial charge in [0.2, 0.25) is 0 Å². The van der Waals surface area contributed by atoms with Crippen molar-refractivity contribution in [2.75, 3.05) is 0 Å². The highest BCUT2D eigenvalue weighted by atomic mass is 79.9. The van der Waals surface area contributed by atoms with E-state index in [1.54, 1.807) is 22.7 Å². The van der Waals surface area contributed by atoms with E-state index in [1.807, 2.05) is 16.8 Å². The van der Waals surface area contributed by atoms with Crippen molar-refractivity contribution in [1.29, 1.82) is 0 Å². The van der Waals surface area contributed by atoms with E-state index in [-0.39, 0.29) is 11.6 Å². The van der Waals surface area contributed by atoms with Crippen LogP contribution in [0.4, 0.5) is 0 Å². The molecule has 0 spiro atoms. The van der Waals surface area contributed by atoms with Gasteiger partial charge in [-0.15, -0.1) is 45.3 Å². The monoisotopic (exact) mass is 765 g/mol. The van der Waals surface area contributed by atoms with Gasteiger partial charge in [0.15, 0.2) is 11.6 Å². The fourth-order valence-electron chi connectivity index (χ4n) is 5.95. The Balaban J connectivity index is 1.70. The van der Waals surface area contributed by atoms with Crippen molar-refractivity contribution in [2.24, 2.45) is 11.8 Å². The van der Waals surface area contributed by atoms with Gasteiger partial charge in [0, 0.05) is 30.7 Å². The lowest BCUT2D eigenvalue weighted by atomic mass is 9.81. The highest BCUT2D eigenvalue weighted by Gasteiger charge is 2.42. The number of hydrogen-bond acceptors (Lipinski definition) is 7. The number of carbonyl (C=O) groups is 2. The summed E-state index contributed by atoms with van der Waals surface area (Å²) in [6.45, 7) is 8.99. The maximum atomic E-state index is 14.8. The lowest BCUT2D eigenvalue weighted by molar-refractivity contribution is 0.0980. The number of halogens is 2. The van der Waals surface area contributed by atoms with Gasteiger partial charge in [-0.05, 0) is 68.0 Å². The average Bonchev–Trinajstić information content (AvgIpc) is 3.77. The zero-order chi connectivity index (χ0) is 30.0. The Bertz CT molecular complexity index is 1580. The molecule has 1 aliphatic rings. The van der Waals surface area contributed by atoms with Crippen molar-refractivity contribution in [3.63, 3.8) is 0 Å². The molecule has 0 fully saturated rings. The van der Waals surface area contributed by atoms with Crippen LogP contribution in [0.1, 0.15) is 121 Å². The Hall–Kier alpha value is -0.970. The van der Waals surface area contributed by atoms with Crippen LogP contribution in [0.3, 0.4) is 0 Å². The van der Waals surface area contributed by atoms with E-state index < -0.39 is 0 Å². The van der Waals surface area contributed by atoms with E-state index in [4.69, 9.17) is 4.98 Å². The van der Waals surface area contributed by atoms with Crippen molar-refractivity contribution >= 4 is 88.8 Å². The molecule has 0 radical (unpaired) electrons. The summed E-state index contributed by atoms with van der Waals surface area (Å²) in [5.41, 5.74) is 2.53. The van der Waals surface area contributed by atoms with Gasteiger partial charge in [0.1, 0.15) is 9.61 Å². The first kappa shape index (κ1) is 32.4. The molecule has 0 aliphatic heterocycles. The number of nitrogens with zero attached hydrogens (tertiary/aromatic N) is 1. The van der Waals surface area contributed by atoms with Crippen LogP contribution in [0.25, 0.3) is 19.6 Å².